The first kappa shape index (κ1) is 16.2. The summed E-state index contributed by atoms with van der Waals surface area (Å²) in [6.07, 6.45) is 8.78. The van der Waals surface area contributed by atoms with Gasteiger partial charge in [-0.1, -0.05) is 19.3 Å². The average Bonchev–Trinajstić information content (AvgIpc) is 2.76. The molecule has 0 atom stereocenters. The highest BCUT2D eigenvalue weighted by Crippen LogP contribution is 2.16. The van der Waals surface area contributed by atoms with Crippen LogP contribution in [0.2, 0.25) is 0 Å². The van der Waals surface area contributed by atoms with E-state index in [2.05, 4.69) is 20.4 Å². The first-order chi connectivity index (χ1) is 8.74. The molecule has 108 valence electrons. The Kier molecular flexibility index (Phi) is 7.11. The Hall–Kier alpha value is -0.860. The van der Waals surface area contributed by atoms with Crippen molar-refractivity contribution in [3.05, 3.63) is 12.2 Å². The molecule has 1 aliphatic rings. The summed E-state index contributed by atoms with van der Waals surface area (Å²) in [7, 11) is 1.86. The Labute approximate surface area is 131 Å². The van der Waals surface area contributed by atoms with Gasteiger partial charge in [0.2, 0.25) is 0 Å². The van der Waals surface area contributed by atoms with Gasteiger partial charge in [0.25, 0.3) is 0 Å². The molecule has 7 heteroatoms. The molecule has 1 aromatic heterocycles. The van der Waals surface area contributed by atoms with Crippen LogP contribution >= 0.6 is 24.0 Å². The summed E-state index contributed by atoms with van der Waals surface area (Å²) < 4.78 is 1.70. The molecule has 6 nitrogen and oxygen atoms in total. The SMILES string of the molecule is Cn1cnc(CCN=C(N)NC2CCCCC2)n1.I. The number of aromatic nitrogens is 3. The van der Waals surface area contributed by atoms with Crippen LogP contribution in [0.1, 0.15) is 37.9 Å². The zero-order valence-electron chi connectivity index (χ0n) is 11.4. The second-order valence-corrected chi connectivity index (χ2v) is 4.83. The van der Waals surface area contributed by atoms with Gasteiger partial charge in [0.05, 0.1) is 0 Å². The molecule has 1 aromatic rings. The lowest BCUT2D eigenvalue weighted by Crippen LogP contribution is -2.41. The number of nitrogens with one attached hydrogen (secondary N) is 1. The monoisotopic (exact) mass is 378 g/mol. The number of hydrogen-bond donors (Lipinski definition) is 2. The number of aliphatic imine (C=N–C) groups is 1. The molecule has 3 N–H and O–H groups in total. The van der Waals surface area contributed by atoms with Crippen LogP contribution in [-0.4, -0.2) is 33.3 Å². The molecule has 1 fully saturated rings. The molecule has 0 spiro atoms. The van der Waals surface area contributed by atoms with Crippen LogP contribution in [0.3, 0.4) is 0 Å². The van der Waals surface area contributed by atoms with E-state index in [9.17, 15) is 0 Å². The van der Waals surface area contributed by atoms with E-state index in [-0.39, 0.29) is 24.0 Å². The fourth-order valence-corrected chi connectivity index (χ4v) is 2.28. The van der Waals surface area contributed by atoms with Crippen molar-refractivity contribution in [2.75, 3.05) is 6.54 Å². The molecule has 19 heavy (non-hydrogen) atoms. The van der Waals surface area contributed by atoms with E-state index >= 15 is 0 Å². The fraction of sp³-hybridized carbons (Fsp3) is 0.750. The minimum atomic E-state index is 0. The molecule has 0 amide bonds. The highest BCUT2D eigenvalue weighted by Gasteiger charge is 2.13. The van der Waals surface area contributed by atoms with Crippen LogP contribution < -0.4 is 11.1 Å². The zero-order chi connectivity index (χ0) is 12.8. The Morgan fingerprint density at radius 3 is 2.84 bits per heavy atom. The summed E-state index contributed by atoms with van der Waals surface area (Å²) in [4.78, 5) is 8.47. The van der Waals surface area contributed by atoms with Gasteiger partial charge in [-0.25, -0.2) is 4.98 Å². The van der Waals surface area contributed by atoms with Crippen molar-refractivity contribution in [3.8, 4) is 0 Å². The molecular formula is C12H23IN6. The predicted molar refractivity (Wildman–Crippen MR) is 86.6 cm³/mol. The predicted octanol–water partition coefficient (Wildman–Crippen LogP) is 1.21. The molecule has 0 aliphatic heterocycles. The summed E-state index contributed by atoms with van der Waals surface area (Å²) in [5.41, 5.74) is 5.87. The lowest BCUT2D eigenvalue weighted by molar-refractivity contribution is 0.412. The van der Waals surface area contributed by atoms with Gasteiger partial charge in [-0.2, -0.15) is 5.10 Å². The lowest BCUT2D eigenvalue weighted by Gasteiger charge is -2.23. The number of aryl methyl sites for hydroxylation is 1. The number of hydrogen-bond acceptors (Lipinski definition) is 3. The minimum Gasteiger partial charge on any atom is -0.370 e. The third-order valence-corrected chi connectivity index (χ3v) is 3.22. The normalized spacial score (nSPS) is 17.0. The average molecular weight is 378 g/mol. The summed E-state index contributed by atoms with van der Waals surface area (Å²) in [6.45, 7) is 0.634. The van der Waals surface area contributed by atoms with Gasteiger partial charge in [0.15, 0.2) is 11.8 Å². The van der Waals surface area contributed by atoms with Gasteiger partial charge in [0, 0.05) is 26.1 Å². The number of nitrogens with zero attached hydrogens (tertiary/aromatic N) is 4. The quantitative estimate of drug-likeness (QED) is 0.469. The van der Waals surface area contributed by atoms with Crippen molar-refractivity contribution in [1.29, 1.82) is 0 Å². The molecule has 2 rings (SSSR count). The topological polar surface area (TPSA) is 81.1 Å². The van der Waals surface area contributed by atoms with Crippen LogP contribution in [0.25, 0.3) is 0 Å². The van der Waals surface area contributed by atoms with Crippen molar-refractivity contribution in [1.82, 2.24) is 20.1 Å². The second kappa shape index (κ2) is 8.34. The number of nitrogens with two attached hydrogens (primary N) is 1. The van der Waals surface area contributed by atoms with Crippen LogP contribution in [0, 0.1) is 0 Å². The third-order valence-electron chi connectivity index (χ3n) is 3.22. The fourth-order valence-electron chi connectivity index (χ4n) is 2.28. The van der Waals surface area contributed by atoms with E-state index in [0.717, 1.165) is 12.2 Å². The largest absolute Gasteiger partial charge is 0.370 e. The molecule has 1 heterocycles. The van der Waals surface area contributed by atoms with Gasteiger partial charge in [-0.15, -0.1) is 24.0 Å². The molecule has 0 saturated heterocycles. The van der Waals surface area contributed by atoms with Crippen LogP contribution in [0.5, 0.6) is 0 Å². The molecule has 0 bridgehead atoms. The van der Waals surface area contributed by atoms with Gasteiger partial charge in [-0.05, 0) is 12.8 Å². The Morgan fingerprint density at radius 1 is 1.47 bits per heavy atom. The van der Waals surface area contributed by atoms with Crippen molar-refractivity contribution in [2.45, 2.75) is 44.6 Å². The maximum Gasteiger partial charge on any atom is 0.188 e. The van der Waals surface area contributed by atoms with E-state index < -0.39 is 0 Å². The van der Waals surface area contributed by atoms with E-state index in [0.29, 0.717) is 18.5 Å². The van der Waals surface area contributed by atoms with E-state index in [1.807, 2.05) is 7.05 Å². The maximum atomic E-state index is 5.87. The summed E-state index contributed by atoms with van der Waals surface area (Å²) in [5.74, 6) is 1.37. The van der Waals surface area contributed by atoms with Crippen molar-refractivity contribution in [2.24, 2.45) is 17.8 Å². The van der Waals surface area contributed by atoms with Crippen molar-refractivity contribution in [3.63, 3.8) is 0 Å². The van der Waals surface area contributed by atoms with Gasteiger partial charge < -0.3 is 11.1 Å². The van der Waals surface area contributed by atoms with Crippen LogP contribution in [-0.2, 0) is 13.5 Å². The second-order valence-electron chi connectivity index (χ2n) is 4.83. The van der Waals surface area contributed by atoms with Crippen LogP contribution in [0.4, 0.5) is 0 Å². The highest BCUT2D eigenvalue weighted by atomic mass is 127. The smallest absolute Gasteiger partial charge is 0.188 e. The number of halogens is 1. The molecule has 1 aliphatic carbocycles. The summed E-state index contributed by atoms with van der Waals surface area (Å²) >= 11 is 0. The standard InChI is InChI=1S/C12H22N6.HI/c1-18-9-15-11(17-18)7-8-14-12(13)16-10-5-3-2-4-6-10;/h9-10H,2-8H2,1H3,(H3,13,14,16);1H. The minimum absolute atomic E-state index is 0. The molecule has 0 radical (unpaired) electrons. The third kappa shape index (κ3) is 5.75. The highest BCUT2D eigenvalue weighted by molar-refractivity contribution is 14.0. The van der Waals surface area contributed by atoms with E-state index in [1.165, 1.54) is 32.1 Å². The molecular weight excluding hydrogens is 355 g/mol. The molecule has 0 unspecified atom stereocenters. The van der Waals surface area contributed by atoms with Gasteiger partial charge in [0.1, 0.15) is 6.33 Å². The summed E-state index contributed by atoms with van der Waals surface area (Å²) in [5, 5.41) is 7.49. The molecule has 0 aromatic carbocycles. The Morgan fingerprint density at radius 2 is 2.21 bits per heavy atom. The molecule has 1 saturated carbocycles. The maximum absolute atomic E-state index is 5.87. The van der Waals surface area contributed by atoms with Gasteiger partial charge in [-0.3, -0.25) is 9.67 Å². The Balaban J connectivity index is 0.00000180. The van der Waals surface area contributed by atoms with E-state index in [1.54, 1.807) is 11.0 Å². The first-order valence-electron chi connectivity index (χ1n) is 6.65. The first-order valence-corrected chi connectivity index (χ1v) is 6.65. The van der Waals surface area contributed by atoms with Crippen molar-refractivity contribution >= 4 is 29.9 Å². The lowest BCUT2D eigenvalue weighted by atomic mass is 9.96. The van der Waals surface area contributed by atoms with Gasteiger partial charge >= 0.3 is 0 Å². The Bertz CT molecular complexity index is 397. The number of rotatable bonds is 4. The van der Waals surface area contributed by atoms with Crippen LogP contribution in [0.15, 0.2) is 11.3 Å². The number of guanidine groups is 1. The van der Waals surface area contributed by atoms with Crippen molar-refractivity contribution < 1.29 is 0 Å². The summed E-state index contributed by atoms with van der Waals surface area (Å²) in [6, 6.07) is 0.510. The zero-order valence-corrected chi connectivity index (χ0v) is 13.7. The van der Waals surface area contributed by atoms with E-state index in [4.69, 9.17) is 5.73 Å².